The Bertz CT molecular complexity index is 275. The third-order valence-electron chi connectivity index (χ3n) is 1.55. The molecule has 0 saturated heterocycles. The first-order chi connectivity index (χ1) is 5.70. The molecule has 1 nitrogen and oxygen atoms in total. The summed E-state index contributed by atoms with van der Waals surface area (Å²) in [5.74, 6) is 0. The summed E-state index contributed by atoms with van der Waals surface area (Å²) in [7, 11) is 0. The van der Waals surface area contributed by atoms with Crippen molar-refractivity contribution in [3.8, 4) is 0 Å². The highest BCUT2D eigenvalue weighted by atomic mass is 32.1. The molecule has 0 aliphatic rings. The van der Waals surface area contributed by atoms with Gasteiger partial charge >= 0.3 is 0 Å². The summed E-state index contributed by atoms with van der Waals surface area (Å²) >= 11 is 10.1. The largest absolute Gasteiger partial charge is 0.472 e. The van der Waals surface area contributed by atoms with E-state index >= 15 is 0 Å². The van der Waals surface area contributed by atoms with Crippen LogP contribution in [0.4, 0.5) is 0 Å². The van der Waals surface area contributed by atoms with Gasteiger partial charge in [0.1, 0.15) is 0 Å². The molecule has 0 aliphatic heterocycles. The number of hydrogen-bond acceptors (Lipinski definition) is 3. The molecule has 0 fully saturated rings. The third-order valence-corrected chi connectivity index (χ3v) is 2.19. The summed E-state index contributed by atoms with van der Waals surface area (Å²) in [6, 6.07) is 1.88. The van der Waals surface area contributed by atoms with Gasteiger partial charge in [0.2, 0.25) is 0 Å². The highest BCUT2D eigenvalue weighted by Crippen LogP contribution is 2.08. The van der Waals surface area contributed by atoms with Crippen molar-refractivity contribution in [3.05, 3.63) is 24.2 Å². The molecule has 0 amide bonds. The molecule has 1 rings (SSSR count). The topological polar surface area (TPSA) is 13.1 Å². The molecule has 64 valence electrons. The molecular formula is C9H10OS2. The van der Waals surface area contributed by atoms with Crippen molar-refractivity contribution >= 4 is 34.2 Å². The first-order valence-corrected chi connectivity index (χ1v) is 4.56. The summed E-state index contributed by atoms with van der Waals surface area (Å²) in [6.45, 7) is 1.94. The monoisotopic (exact) mass is 198 g/mol. The second kappa shape index (κ2) is 4.48. The average Bonchev–Trinajstić information content (AvgIpc) is 2.51. The van der Waals surface area contributed by atoms with E-state index in [1.54, 1.807) is 12.5 Å². The normalized spacial score (nSPS) is 9.75. The van der Waals surface area contributed by atoms with E-state index in [9.17, 15) is 0 Å². The first-order valence-electron chi connectivity index (χ1n) is 3.75. The molecule has 3 heteroatoms. The summed E-state index contributed by atoms with van der Waals surface area (Å²) in [4.78, 5) is 1.92. The van der Waals surface area contributed by atoms with Gasteiger partial charge in [0.25, 0.3) is 0 Å². The van der Waals surface area contributed by atoms with Crippen molar-refractivity contribution in [2.24, 2.45) is 0 Å². The summed E-state index contributed by atoms with van der Waals surface area (Å²) < 4.78 is 4.92. The Balaban J connectivity index is 2.45. The average molecular weight is 198 g/mol. The molecular weight excluding hydrogens is 188 g/mol. The van der Waals surface area contributed by atoms with Crippen molar-refractivity contribution in [2.75, 3.05) is 0 Å². The maximum absolute atomic E-state index is 5.17. The Morgan fingerprint density at radius 3 is 2.67 bits per heavy atom. The van der Waals surface area contributed by atoms with Gasteiger partial charge in [-0.2, -0.15) is 0 Å². The molecule has 12 heavy (non-hydrogen) atoms. The predicted molar refractivity (Wildman–Crippen MR) is 57.9 cm³/mol. The first kappa shape index (κ1) is 9.55. The van der Waals surface area contributed by atoms with E-state index < -0.39 is 0 Å². The molecule has 1 heterocycles. The summed E-state index contributed by atoms with van der Waals surface area (Å²) in [5, 5.41) is 0. The molecule has 0 spiro atoms. The number of hydrogen-bond donors (Lipinski definition) is 0. The van der Waals surface area contributed by atoms with E-state index in [4.69, 9.17) is 28.9 Å². The molecule has 1 aromatic heterocycles. The zero-order valence-corrected chi connectivity index (χ0v) is 8.50. The lowest BCUT2D eigenvalue weighted by atomic mass is 10.1. The van der Waals surface area contributed by atoms with E-state index in [-0.39, 0.29) is 0 Å². The zero-order valence-electron chi connectivity index (χ0n) is 6.87. The Hall–Kier alpha value is -0.540. The van der Waals surface area contributed by atoms with E-state index in [0.29, 0.717) is 0 Å². The van der Waals surface area contributed by atoms with Gasteiger partial charge in [-0.1, -0.05) is 24.4 Å². The minimum absolute atomic E-state index is 0.851. The fourth-order valence-corrected chi connectivity index (χ4v) is 1.18. The van der Waals surface area contributed by atoms with Crippen LogP contribution < -0.4 is 0 Å². The lowest BCUT2D eigenvalue weighted by Crippen LogP contribution is -1.97. The van der Waals surface area contributed by atoms with Crippen LogP contribution in [0.15, 0.2) is 23.0 Å². The summed E-state index contributed by atoms with van der Waals surface area (Å²) in [5.41, 5.74) is 1.00. The fraction of sp³-hybridized carbons (Fsp3) is 0.333. The molecule has 0 aliphatic carbocycles. The zero-order chi connectivity index (χ0) is 8.97. The second-order valence-electron chi connectivity index (χ2n) is 2.64. The second-order valence-corrected chi connectivity index (χ2v) is 3.83. The maximum atomic E-state index is 5.17. The van der Waals surface area contributed by atoms with Crippen LogP contribution in [0, 0.1) is 0 Å². The quantitative estimate of drug-likeness (QED) is 0.545. The Morgan fingerprint density at radius 1 is 1.42 bits per heavy atom. The van der Waals surface area contributed by atoms with Gasteiger partial charge in [0, 0.05) is 10.4 Å². The molecule has 0 unspecified atom stereocenters. The van der Waals surface area contributed by atoms with E-state index in [1.807, 2.05) is 13.0 Å². The van der Waals surface area contributed by atoms with Crippen LogP contribution in [-0.2, 0) is 0 Å². The van der Waals surface area contributed by atoms with E-state index in [0.717, 1.165) is 28.1 Å². The van der Waals surface area contributed by atoms with Crippen molar-refractivity contribution in [1.82, 2.24) is 0 Å². The standard InChI is InChI=1S/C9H10OS2/c1-7(11)2-3-9(12)8-4-5-10-6-8/h4-6H,2-3H2,1H3. The van der Waals surface area contributed by atoms with Crippen molar-refractivity contribution < 1.29 is 4.42 Å². The van der Waals surface area contributed by atoms with Gasteiger partial charge in [-0.15, -0.1) is 0 Å². The minimum Gasteiger partial charge on any atom is -0.472 e. The van der Waals surface area contributed by atoms with Crippen LogP contribution in [0.25, 0.3) is 0 Å². The third kappa shape index (κ3) is 2.83. The van der Waals surface area contributed by atoms with Crippen LogP contribution in [-0.4, -0.2) is 9.73 Å². The van der Waals surface area contributed by atoms with Crippen molar-refractivity contribution in [3.63, 3.8) is 0 Å². The summed E-state index contributed by atoms with van der Waals surface area (Å²) in [6.07, 6.45) is 5.04. The Kier molecular flexibility index (Phi) is 3.56. The van der Waals surface area contributed by atoms with Gasteiger partial charge in [0.15, 0.2) is 0 Å². The van der Waals surface area contributed by atoms with Gasteiger partial charge in [0.05, 0.1) is 12.5 Å². The Morgan fingerprint density at radius 2 is 2.17 bits per heavy atom. The van der Waals surface area contributed by atoms with Crippen LogP contribution >= 0.6 is 24.4 Å². The smallest absolute Gasteiger partial charge is 0.0986 e. The fourth-order valence-electron chi connectivity index (χ4n) is 0.857. The maximum Gasteiger partial charge on any atom is 0.0986 e. The molecule has 0 saturated carbocycles. The molecule has 0 atom stereocenters. The van der Waals surface area contributed by atoms with Crippen LogP contribution in [0.5, 0.6) is 0 Å². The minimum atomic E-state index is 0.851. The van der Waals surface area contributed by atoms with Crippen molar-refractivity contribution in [2.45, 2.75) is 19.8 Å². The number of rotatable bonds is 4. The van der Waals surface area contributed by atoms with Crippen LogP contribution in [0.2, 0.25) is 0 Å². The molecule has 0 radical (unpaired) electrons. The van der Waals surface area contributed by atoms with Gasteiger partial charge in [-0.25, -0.2) is 0 Å². The highest BCUT2D eigenvalue weighted by Gasteiger charge is 2.02. The van der Waals surface area contributed by atoms with Gasteiger partial charge in [-0.05, 0) is 30.7 Å². The lowest BCUT2D eigenvalue weighted by molar-refractivity contribution is 0.567. The van der Waals surface area contributed by atoms with Crippen LogP contribution in [0.3, 0.4) is 0 Å². The number of thiocarbonyl (C=S) groups is 2. The molecule has 1 aromatic rings. The lowest BCUT2D eigenvalue weighted by Gasteiger charge is -1.98. The highest BCUT2D eigenvalue weighted by molar-refractivity contribution is 7.81. The Labute approximate surface area is 82.8 Å². The van der Waals surface area contributed by atoms with Gasteiger partial charge in [-0.3, -0.25) is 0 Å². The SMILES string of the molecule is CC(=S)CCC(=S)c1ccoc1. The molecule has 0 bridgehead atoms. The van der Waals surface area contributed by atoms with Crippen LogP contribution in [0.1, 0.15) is 25.3 Å². The molecule has 0 aromatic carbocycles. The van der Waals surface area contributed by atoms with E-state index in [2.05, 4.69) is 0 Å². The molecule has 0 N–H and O–H groups in total. The van der Waals surface area contributed by atoms with Crippen molar-refractivity contribution in [1.29, 1.82) is 0 Å². The van der Waals surface area contributed by atoms with Gasteiger partial charge < -0.3 is 4.42 Å². The predicted octanol–water partition coefficient (Wildman–Crippen LogP) is 3.17. The van der Waals surface area contributed by atoms with E-state index in [1.165, 1.54) is 0 Å². The number of furan rings is 1.